The van der Waals surface area contributed by atoms with Crippen LogP contribution in [0.25, 0.3) is 0 Å². The van der Waals surface area contributed by atoms with E-state index < -0.39 is 17.2 Å². The van der Waals surface area contributed by atoms with Crippen molar-refractivity contribution in [3.63, 3.8) is 0 Å². The molecular formula is C24H25N5O5S. The largest absolute Gasteiger partial charge is 0.548 e. The molecule has 3 aromatic rings. The summed E-state index contributed by atoms with van der Waals surface area (Å²) in [6.07, 6.45) is 1.90. The predicted octanol–water partition coefficient (Wildman–Crippen LogP) is 3.77. The van der Waals surface area contributed by atoms with Gasteiger partial charge >= 0.3 is 0 Å². The minimum Gasteiger partial charge on any atom is -0.548 e. The first-order chi connectivity index (χ1) is 16.9. The summed E-state index contributed by atoms with van der Waals surface area (Å²) in [4.78, 5) is 19.3. The molecule has 0 aliphatic carbocycles. The van der Waals surface area contributed by atoms with E-state index >= 15 is 0 Å². The van der Waals surface area contributed by atoms with Crippen LogP contribution in [-0.4, -0.2) is 49.1 Å². The molecule has 0 radical (unpaired) electrons. The fourth-order valence-electron chi connectivity index (χ4n) is 4.17. The minimum atomic E-state index is -1.75. The maximum Gasteiger partial charge on any atom is 0.257 e. The van der Waals surface area contributed by atoms with Gasteiger partial charge in [-0.25, -0.2) is 4.99 Å². The number of benzene rings is 2. The number of hydrogen-bond acceptors (Lipinski definition) is 8. The molecule has 0 bridgehead atoms. The molecule has 1 saturated heterocycles. The molecule has 0 saturated carbocycles. The average molecular weight is 496 g/mol. The van der Waals surface area contributed by atoms with E-state index in [2.05, 4.69) is 20.6 Å². The highest BCUT2D eigenvalue weighted by Gasteiger charge is 2.24. The Hall–Kier alpha value is -3.83. The molecule has 182 valence electrons. The van der Waals surface area contributed by atoms with Crippen LogP contribution in [0.1, 0.15) is 41.7 Å². The van der Waals surface area contributed by atoms with E-state index in [4.69, 9.17) is 14.5 Å². The summed E-state index contributed by atoms with van der Waals surface area (Å²) in [7, 11) is 0. The Morgan fingerprint density at radius 3 is 2.83 bits per heavy atom. The Bertz CT molecular complexity index is 1360. The van der Waals surface area contributed by atoms with Crippen molar-refractivity contribution >= 4 is 28.6 Å². The lowest BCUT2D eigenvalue weighted by Crippen LogP contribution is -2.27. The first kappa shape index (κ1) is 22.9. The maximum absolute atomic E-state index is 12.8. The Morgan fingerprint density at radius 2 is 2.06 bits per heavy atom. The molecule has 35 heavy (non-hydrogen) atoms. The number of nitrogens with one attached hydrogen (secondary N) is 2. The monoisotopic (exact) mass is 495 g/mol. The SMILES string of the molecule is C=C(C)C(N=c1[nH][s+]([O-])nc1Nc1cccc(C(=O)N2CCCC2)c1O)c1ccc2c(c1)OCO2. The molecule has 3 N–H and O–H groups in total. The third kappa shape index (κ3) is 4.60. The van der Waals surface area contributed by atoms with E-state index in [0.29, 0.717) is 24.6 Å². The molecule has 2 unspecified atom stereocenters. The molecule has 1 aromatic heterocycles. The van der Waals surface area contributed by atoms with E-state index in [1.54, 1.807) is 23.1 Å². The summed E-state index contributed by atoms with van der Waals surface area (Å²) < 4.78 is 29.9. The van der Waals surface area contributed by atoms with Crippen molar-refractivity contribution in [2.45, 2.75) is 25.8 Å². The number of hydrogen-bond donors (Lipinski definition) is 3. The Kier molecular flexibility index (Phi) is 6.18. The van der Waals surface area contributed by atoms with Gasteiger partial charge in [0.15, 0.2) is 28.4 Å². The molecule has 0 spiro atoms. The fraction of sp³-hybridized carbons (Fsp3) is 0.292. The third-order valence-electron chi connectivity index (χ3n) is 5.93. The van der Waals surface area contributed by atoms with Crippen molar-refractivity contribution in [1.82, 2.24) is 13.6 Å². The zero-order valence-corrected chi connectivity index (χ0v) is 19.9. The van der Waals surface area contributed by atoms with Gasteiger partial charge in [-0.2, -0.15) is 0 Å². The van der Waals surface area contributed by atoms with Crippen molar-refractivity contribution < 1.29 is 23.9 Å². The van der Waals surface area contributed by atoms with Gasteiger partial charge in [-0.1, -0.05) is 24.3 Å². The fourth-order valence-corrected chi connectivity index (χ4v) is 4.82. The number of carbonyl (C=O) groups is 1. The van der Waals surface area contributed by atoms with Crippen LogP contribution in [0.3, 0.4) is 0 Å². The summed E-state index contributed by atoms with van der Waals surface area (Å²) >= 11 is -1.75. The van der Waals surface area contributed by atoms with Gasteiger partial charge in [-0.3, -0.25) is 4.79 Å². The number of aromatic nitrogens is 2. The Morgan fingerprint density at radius 1 is 1.29 bits per heavy atom. The van der Waals surface area contributed by atoms with Gasteiger partial charge in [0.05, 0.1) is 17.3 Å². The van der Waals surface area contributed by atoms with E-state index in [1.165, 1.54) is 0 Å². The molecule has 2 aliphatic heterocycles. The summed E-state index contributed by atoms with van der Waals surface area (Å²) in [5.74, 6) is 1.03. The van der Waals surface area contributed by atoms with Crippen LogP contribution in [0.2, 0.25) is 0 Å². The summed E-state index contributed by atoms with van der Waals surface area (Å²) in [6, 6.07) is 9.90. The highest BCUT2D eigenvalue weighted by molar-refractivity contribution is 7.13. The van der Waals surface area contributed by atoms with Crippen LogP contribution >= 0.6 is 11.1 Å². The number of ether oxygens (including phenoxy) is 2. The Labute approximate surface area is 204 Å². The Balaban J connectivity index is 1.48. The number of H-pyrrole nitrogens is 1. The standard InChI is InChI=1S/C24H25N5O5S/c1-14(2)20(15-8-9-18-19(12-15)34-13-33-18)26-23-22(27-35(32)28-23)25-17-7-5-6-16(21(17)30)24(31)29-10-3-4-11-29/h5-9,12,20,30H,1,3-4,10-11,13H2,2H3,(H,25,27)(H,26,28). The van der Waals surface area contributed by atoms with Gasteiger partial charge in [0.25, 0.3) is 5.91 Å². The van der Waals surface area contributed by atoms with Gasteiger partial charge in [0.2, 0.25) is 18.1 Å². The number of carbonyl (C=O) groups excluding carboxylic acids is 1. The number of phenolic OH excluding ortho intramolecular Hbond substituents is 1. The number of aromatic amines is 1. The van der Waals surface area contributed by atoms with Gasteiger partial charge in [-0.05, 0) is 49.6 Å². The van der Waals surface area contributed by atoms with Crippen LogP contribution in [0.4, 0.5) is 11.5 Å². The number of aromatic hydroxyl groups is 1. The lowest BCUT2D eigenvalue weighted by atomic mass is 10.0. The number of fused-ring (bicyclic) bond motifs is 1. The first-order valence-electron chi connectivity index (χ1n) is 11.2. The molecule has 5 rings (SSSR count). The molecule has 10 nitrogen and oxygen atoms in total. The second-order valence-corrected chi connectivity index (χ2v) is 9.34. The molecular weight excluding hydrogens is 470 g/mol. The zero-order chi connectivity index (χ0) is 24.5. The highest BCUT2D eigenvalue weighted by atomic mass is 32.2. The number of likely N-dealkylation sites (tertiary alicyclic amines) is 1. The van der Waals surface area contributed by atoms with Crippen LogP contribution in [0.15, 0.2) is 53.5 Å². The van der Waals surface area contributed by atoms with Crippen LogP contribution in [0.5, 0.6) is 17.2 Å². The van der Waals surface area contributed by atoms with Crippen molar-refractivity contribution in [3.8, 4) is 17.2 Å². The summed E-state index contributed by atoms with van der Waals surface area (Å²) in [6.45, 7) is 7.40. The average Bonchev–Trinajstić information content (AvgIpc) is 3.59. The number of anilines is 2. The molecule has 2 aliphatic rings. The number of nitrogens with zero attached hydrogens (tertiary/aromatic N) is 3. The third-order valence-corrected chi connectivity index (χ3v) is 6.65. The second kappa shape index (κ2) is 9.43. The summed E-state index contributed by atoms with van der Waals surface area (Å²) in [5.41, 5.74) is 2.26. The van der Waals surface area contributed by atoms with E-state index in [0.717, 1.165) is 24.0 Å². The van der Waals surface area contributed by atoms with Crippen LogP contribution in [0, 0.1) is 0 Å². The molecule has 2 aromatic carbocycles. The second-order valence-electron chi connectivity index (χ2n) is 8.46. The molecule has 1 amide bonds. The van der Waals surface area contributed by atoms with Crippen molar-refractivity contribution in [3.05, 3.63) is 65.2 Å². The number of phenols is 1. The lowest BCUT2D eigenvalue weighted by molar-refractivity contribution is 0.0790. The molecule has 3 heterocycles. The van der Waals surface area contributed by atoms with E-state index in [-0.39, 0.29) is 41.0 Å². The maximum atomic E-state index is 12.8. The number of para-hydroxylation sites is 1. The van der Waals surface area contributed by atoms with Crippen molar-refractivity contribution in [2.75, 3.05) is 25.2 Å². The van der Waals surface area contributed by atoms with Gasteiger partial charge in [0, 0.05) is 17.5 Å². The minimum absolute atomic E-state index is 0.162. The van der Waals surface area contributed by atoms with Crippen molar-refractivity contribution in [1.29, 1.82) is 0 Å². The predicted molar refractivity (Wildman–Crippen MR) is 129 cm³/mol. The van der Waals surface area contributed by atoms with Crippen LogP contribution in [-0.2, 0) is 0 Å². The lowest BCUT2D eigenvalue weighted by Gasteiger charge is -2.17. The van der Waals surface area contributed by atoms with Gasteiger partial charge < -0.3 is 29.3 Å². The number of rotatable bonds is 6. The van der Waals surface area contributed by atoms with E-state index in [1.807, 2.05) is 25.1 Å². The van der Waals surface area contributed by atoms with Gasteiger partial charge in [0.1, 0.15) is 0 Å². The molecule has 2 atom stereocenters. The topological polar surface area (TPSA) is 135 Å². The van der Waals surface area contributed by atoms with E-state index in [9.17, 15) is 14.5 Å². The number of amides is 1. The molecule has 1 fully saturated rings. The first-order valence-corrected chi connectivity index (χ1v) is 12.3. The zero-order valence-electron chi connectivity index (χ0n) is 19.1. The van der Waals surface area contributed by atoms with Gasteiger partial charge in [-0.15, -0.1) is 4.37 Å². The summed E-state index contributed by atoms with van der Waals surface area (Å²) in [5, 5.41) is 13.8. The smallest absolute Gasteiger partial charge is 0.257 e. The highest BCUT2D eigenvalue weighted by Crippen LogP contribution is 2.37. The van der Waals surface area contributed by atoms with Crippen LogP contribution < -0.4 is 20.3 Å². The van der Waals surface area contributed by atoms with Crippen molar-refractivity contribution in [2.24, 2.45) is 4.99 Å². The normalized spacial score (nSPS) is 16.5. The molecule has 11 heteroatoms. The quantitative estimate of drug-likeness (QED) is 0.269.